The number of fused-ring (bicyclic) bond motifs is 13. The van der Waals surface area contributed by atoms with Crippen molar-refractivity contribution >= 4 is 96.7 Å². The first-order chi connectivity index (χ1) is 23.3. The Labute approximate surface area is 273 Å². The topological polar surface area (TPSA) is 20.7 Å². The third-order valence-electron chi connectivity index (χ3n) is 10.1. The SMILES string of the molecule is c1ccc2c(c1)ccc1c3c4[nH]c5ccccc5c4ccc3n(-c3ccc4cc(-c5cccc6c5sc5ccccc56)ccc4c3)c21. The van der Waals surface area contributed by atoms with E-state index in [1.54, 1.807) is 0 Å². The molecule has 0 spiro atoms. The van der Waals surface area contributed by atoms with Gasteiger partial charge in [-0.15, -0.1) is 11.3 Å². The Morgan fingerprint density at radius 3 is 2.19 bits per heavy atom. The molecule has 3 heterocycles. The van der Waals surface area contributed by atoms with Crippen molar-refractivity contribution in [3.63, 3.8) is 0 Å². The number of nitrogens with one attached hydrogen (secondary N) is 1. The predicted molar refractivity (Wildman–Crippen MR) is 203 cm³/mol. The summed E-state index contributed by atoms with van der Waals surface area (Å²) >= 11 is 1.89. The zero-order chi connectivity index (χ0) is 30.6. The summed E-state index contributed by atoms with van der Waals surface area (Å²) in [5.41, 5.74) is 8.55. The third-order valence-corrected chi connectivity index (χ3v) is 11.3. The smallest absolute Gasteiger partial charge is 0.0620 e. The summed E-state index contributed by atoms with van der Waals surface area (Å²) < 4.78 is 5.16. The molecule has 0 saturated heterocycles. The maximum atomic E-state index is 3.79. The van der Waals surface area contributed by atoms with Crippen LogP contribution >= 0.6 is 11.3 Å². The van der Waals surface area contributed by atoms with E-state index in [0.717, 1.165) is 0 Å². The number of para-hydroxylation sites is 1. The number of nitrogens with zero attached hydrogens (tertiary/aromatic N) is 1. The Morgan fingerprint density at radius 2 is 1.23 bits per heavy atom. The number of hydrogen-bond donors (Lipinski definition) is 1. The van der Waals surface area contributed by atoms with Crippen LogP contribution in [0, 0.1) is 0 Å². The van der Waals surface area contributed by atoms with Crippen LogP contribution in [0.5, 0.6) is 0 Å². The Bertz CT molecular complexity index is 3080. The second kappa shape index (κ2) is 9.32. The van der Waals surface area contributed by atoms with Gasteiger partial charge in [-0.25, -0.2) is 0 Å². The van der Waals surface area contributed by atoms with Crippen molar-refractivity contribution in [2.24, 2.45) is 0 Å². The molecule has 0 fully saturated rings. The number of H-pyrrole nitrogens is 1. The molecule has 0 unspecified atom stereocenters. The van der Waals surface area contributed by atoms with E-state index in [2.05, 4.69) is 161 Å². The number of thiophene rings is 1. The molecule has 0 amide bonds. The molecule has 0 atom stereocenters. The molecular weight excluding hydrogens is 589 g/mol. The van der Waals surface area contributed by atoms with Crippen molar-refractivity contribution in [1.29, 1.82) is 0 Å². The van der Waals surface area contributed by atoms with Crippen molar-refractivity contribution in [1.82, 2.24) is 9.55 Å². The van der Waals surface area contributed by atoms with E-state index in [1.165, 1.54) is 102 Å². The van der Waals surface area contributed by atoms with Crippen molar-refractivity contribution in [3.05, 3.63) is 152 Å². The van der Waals surface area contributed by atoms with Gasteiger partial charge in [0.25, 0.3) is 0 Å². The molecule has 0 aliphatic carbocycles. The molecule has 3 heteroatoms. The molecule has 0 radical (unpaired) electrons. The van der Waals surface area contributed by atoms with Crippen LogP contribution in [0.3, 0.4) is 0 Å². The fourth-order valence-corrected chi connectivity index (χ4v) is 9.21. The highest BCUT2D eigenvalue weighted by molar-refractivity contribution is 7.26. The van der Waals surface area contributed by atoms with Gasteiger partial charge in [0.15, 0.2) is 0 Å². The van der Waals surface area contributed by atoms with Gasteiger partial charge in [-0.2, -0.15) is 0 Å². The van der Waals surface area contributed by atoms with Crippen LogP contribution in [0.15, 0.2) is 152 Å². The van der Waals surface area contributed by atoms with Gasteiger partial charge < -0.3 is 9.55 Å². The highest BCUT2D eigenvalue weighted by Crippen LogP contribution is 2.43. The molecule has 47 heavy (non-hydrogen) atoms. The van der Waals surface area contributed by atoms with Crippen molar-refractivity contribution in [3.8, 4) is 16.8 Å². The van der Waals surface area contributed by atoms with Gasteiger partial charge in [-0.05, 0) is 63.7 Å². The van der Waals surface area contributed by atoms with Crippen molar-refractivity contribution < 1.29 is 0 Å². The van der Waals surface area contributed by atoms with E-state index in [9.17, 15) is 0 Å². The fraction of sp³-hybridized carbons (Fsp3) is 0. The highest BCUT2D eigenvalue weighted by Gasteiger charge is 2.19. The molecule has 0 saturated carbocycles. The van der Waals surface area contributed by atoms with Gasteiger partial charge in [0.2, 0.25) is 0 Å². The van der Waals surface area contributed by atoms with Crippen LogP contribution in [-0.2, 0) is 0 Å². The minimum Gasteiger partial charge on any atom is -0.354 e. The standard InChI is InChI=1S/C44H26N2S/c1-2-9-31-26(8-1)19-21-37-41-39(23-22-35-33-10-3-5-14-38(33)45-42(35)41)46(43(31)37)30-20-18-27-24-29(17-16-28(27)25-30)32-12-7-13-36-34-11-4-6-15-40(34)47-44(32)36/h1-25,45H. The molecule has 3 aromatic heterocycles. The molecule has 11 rings (SSSR count). The Hall–Kier alpha value is -5.90. The lowest BCUT2D eigenvalue weighted by molar-refractivity contribution is 1.19. The molecule has 11 aromatic rings. The lowest BCUT2D eigenvalue weighted by Crippen LogP contribution is -1.94. The largest absolute Gasteiger partial charge is 0.354 e. The first kappa shape index (κ1) is 25.3. The third kappa shape index (κ3) is 3.49. The van der Waals surface area contributed by atoms with Crippen LogP contribution in [0.2, 0.25) is 0 Å². The van der Waals surface area contributed by atoms with Crippen LogP contribution in [0.1, 0.15) is 0 Å². The number of benzene rings is 8. The van der Waals surface area contributed by atoms with Gasteiger partial charge in [0.1, 0.15) is 0 Å². The first-order valence-electron chi connectivity index (χ1n) is 16.1. The fourth-order valence-electron chi connectivity index (χ4n) is 7.97. The summed E-state index contributed by atoms with van der Waals surface area (Å²) in [7, 11) is 0. The lowest BCUT2D eigenvalue weighted by Gasteiger charge is -2.12. The quantitative estimate of drug-likeness (QED) is 0.200. The summed E-state index contributed by atoms with van der Waals surface area (Å²) in [4.78, 5) is 3.79. The highest BCUT2D eigenvalue weighted by atomic mass is 32.1. The number of hydrogen-bond acceptors (Lipinski definition) is 1. The van der Waals surface area contributed by atoms with Gasteiger partial charge in [-0.3, -0.25) is 0 Å². The molecule has 1 N–H and O–H groups in total. The Balaban J connectivity index is 1.16. The van der Waals surface area contributed by atoms with Crippen LogP contribution in [-0.4, -0.2) is 9.55 Å². The zero-order valence-corrected chi connectivity index (χ0v) is 26.1. The summed E-state index contributed by atoms with van der Waals surface area (Å²) in [5, 5.41) is 12.7. The zero-order valence-electron chi connectivity index (χ0n) is 25.3. The maximum absolute atomic E-state index is 3.79. The molecule has 2 nitrogen and oxygen atoms in total. The summed E-state index contributed by atoms with van der Waals surface area (Å²) in [6.45, 7) is 0. The predicted octanol–water partition coefficient (Wildman–Crippen LogP) is 12.8. The molecule has 8 aromatic carbocycles. The van der Waals surface area contributed by atoms with Crippen LogP contribution in [0.25, 0.3) is 102 Å². The monoisotopic (exact) mass is 614 g/mol. The van der Waals surface area contributed by atoms with Crippen LogP contribution < -0.4 is 0 Å². The van der Waals surface area contributed by atoms with E-state index in [0.29, 0.717) is 0 Å². The second-order valence-corrected chi connectivity index (χ2v) is 13.7. The maximum Gasteiger partial charge on any atom is 0.0620 e. The van der Waals surface area contributed by atoms with Crippen LogP contribution in [0.4, 0.5) is 0 Å². The minimum absolute atomic E-state index is 1.17. The van der Waals surface area contributed by atoms with E-state index in [4.69, 9.17) is 0 Å². The van der Waals surface area contributed by atoms with Crippen molar-refractivity contribution in [2.45, 2.75) is 0 Å². The Kier molecular flexibility index (Phi) is 5.02. The summed E-state index contributed by atoms with van der Waals surface area (Å²) in [6.07, 6.45) is 0. The van der Waals surface area contributed by atoms with E-state index in [1.807, 2.05) is 11.3 Å². The average Bonchev–Trinajstić information content (AvgIpc) is 3.81. The molecule has 0 bridgehead atoms. The molecular formula is C44H26N2S. The van der Waals surface area contributed by atoms with E-state index in [-0.39, 0.29) is 0 Å². The van der Waals surface area contributed by atoms with Gasteiger partial charge in [0, 0.05) is 58.3 Å². The van der Waals surface area contributed by atoms with Gasteiger partial charge >= 0.3 is 0 Å². The summed E-state index contributed by atoms with van der Waals surface area (Å²) in [6, 6.07) is 55.9. The second-order valence-electron chi connectivity index (χ2n) is 12.6. The minimum atomic E-state index is 1.17. The molecule has 0 aliphatic heterocycles. The van der Waals surface area contributed by atoms with Gasteiger partial charge in [-0.1, -0.05) is 115 Å². The van der Waals surface area contributed by atoms with E-state index < -0.39 is 0 Å². The number of rotatable bonds is 2. The Morgan fingerprint density at radius 1 is 0.489 bits per heavy atom. The number of aromatic amines is 1. The normalized spacial score (nSPS) is 12.3. The van der Waals surface area contributed by atoms with E-state index >= 15 is 0 Å². The number of aromatic nitrogens is 2. The lowest BCUT2D eigenvalue weighted by atomic mass is 9.99. The first-order valence-corrected chi connectivity index (χ1v) is 16.9. The molecule has 218 valence electrons. The average molecular weight is 615 g/mol. The van der Waals surface area contributed by atoms with Crippen molar-refractivity contribution in [2.75, 3.05) is 0 Å². The molecule has 0 aliphatic rings. The van der Waals surface area contributed by atoms with Gasteiger partial charge in [0.05, 0.1) is 16.6 Å². The summed E-state index contributed by atoms with van der Waals surface area (Å²) in [5.74, 6) is 0.